The third kappa shape index (κ3) is 3.66. The number of aliphatic hydroxyl groups excluding tert-OH is 1. The topological polar surface area (TPSA) is 150 Å². The van der Waals surface area contributed by atoms with E-state index in [0.717, 1.165) is 32.1 Å². The summed E-state index contributed by atoms with van der Waals surface area (Å²) < 4.78 is 6.17. The number of aliphatic hydroxyl groups is 4. The number of carbonyl (C=O) groups excluding carboxylic acids is 2. The minimum Gasteiger partial charge on any atom is -0.455 e. The van der Waals surface area contributed by atoms with Crippen LogP contribution in [0.15, 0.2) is 23.3 Å². The molecule has 0 radical (unpaired) electrons. The van der Waals surface area contributed by atoms with Gasteiger partial charge in [-0.25, -0.2) is 4.79 Å². The lowest BCUT2D eigenvalue weighted by molar-refractivity contribution is -0.198. The zero-order valence-corrected chi connectivity index (χ0v) is 22.5. The summed E-state index contributed by atoms with van der Waals surface area (Å²) in [5.41, 5.74) is 0.0990. The highest BCUT2D eigenvalue weighted by atomic mass is 16.6. The smallest absolute Gasteiger partial charge is 0.354 e. The van der Waals surface area contributed by atoms with Crippen LogP contribution in [0.1, 0.15) is 79.1 Å². The molecule has 0 aliphatic heterocycles. The van der Waals surface area contributed by atoms with E-state index in [2.05, 4.69) is 0 Å². The Balaban J connectivity index is 1.48. The molecule has 6 N–H and O–H groups in total. The van der Waals surface area contributed by atoms with E-state index in [0.29, 0.717) is 17.6 Å². The van der Waals surface area contributed by atoms with Crippen LogP contribution in [0.2, 0.25) is 0 Å². The van der Waals surface area contributed by atoms with E-state index in [1.54, 1.807) is 19.1 Å². The van der Waals surface area contributed by atoms with Crippen LogP contribution in [0, 0.1) is 35.0 Å². The molecule has 0 aromatic rings. The van der Waals surface area contributed by atoms with E-state index >= 15 is 0 Å². The molecule has 0 heterocycles. The van der Waals surface area contributed by atoms with Gasteiger partial charge < -0.3 is 25.2 Å². The van der Waals surface area contributed by atoms with E-state index in [-0.39, 0.29) is 31.3 Å². The van der Waals surface area contributed by atoms with Crippen molar-refractivity contribution in [2.45, 2.75) is 102 Å². The molecule has 0 aromatic heterocycles. The molecule has 0 aromatic carbocycles. The van der Waals surface area contributed by atoms with Crippen molar-refractivity contribution in [3.05, 3.63) is 23.3 Å². The number of Topliss-reactive ketones (excluding diaryl/α,β-unsaturated/α-hetero) is 1. The number of ketones is 1. The van der Waals surface area contributed by atoms with E-state index in [9.17, 15) is 30.0 Å². The fourth-order valence-electron chi connectivity index (χ4n) is 8.77. The van der Waals surface area contributed by atoms with Crippen molar-refractivity contribution in [1.82, 2.24) is 0 Å². The Morgan fingerprint density at radius 3 is 2.46 bits per heavy atom. The van der Waals surface area contributed by atoms with Crippen LogP contribution in [-0.4, -0.2) is 61.3 Å². The van der Waals surface area contributed by atoms with Crippen molar-refractivity contribution in [3.63, 3.8) is 0 Å². The molecule has 3 fully saturated rings. The zero-order chi connectivity index (χ0) is 27.2. The Bertz CT molecular complexity index is 1060. The molecule has 3 saturated carbocycles. The summed E-state index contributed by atoms with van der Waals surface area (Å²) in [5, 5.41) is 45.1. The van der Waals surface area contributed by atoms with E-state index in [1.807, 2.05) is 20.8 Å². The number of nitrogens with two attached hydrogens (primary N) is 1. The Hall–Kier alpha value is -1.58. The lowest BCUT2D eigenvalue weighted by atomic mass is 9.60. The van der Waals surface area contributed by atoms with Gasteiger partial charge in [-0.05, 0) is 36.3 Å². The van der Waals surface area contributed by atoms with E-state index < -0.39 is 57.4 Å². The van der Waals surface area contributed by atoms with Crippen LogP contribution in [0.5, 0.6) is 0 Å². The Labute approximate surface area is 219 Å². The first-order valence-electron chi connectivity index (χ1n) is 13.9. The van der Waals surface area contributed by atoms with Gasteiger partial charge >= 0.3 is 5.97 Å². The Kier molecular flexibility index (Phi) is 6.17. The van der Waals surface area contributed by atoms with Crippen molar-refractivity contribution >= 4 is 11.8 Å². The lowest BCUT2D eigenvalue weighted by Gasteiger charge is -2.50. The van der Waals surface area contributed by atoms with Gasteiger partial charge in [0.15, 0.2) is 5.78 Å². The molecule has 0 bridgehead atoms. The molecular weight excluding hydrogens is 474 g/mol. The minimum atomic E-state index is -2.09. The average molecular weight is 518 g/mol. The Morgan fingerprint density at radius 2 is 1.84 bits per heavy atom. The largest absolute Gasteiger partial charge is 0.455 e. The number of esters is 1. The highest BCUT2D eigenvalue weighted by Crippen LogP contribution is 2.76. The van der Waals surface area contributed by atoms with Gasteiger partial charge in [0.25, 0.3) is 0 Å². The van der Waals surface area contributed by atoms with Crippen LogP contribution in [0.4, 0.5) is 0 Å². The number of carbonyl (C=O) groups is 2. The van der Waals surface area contributed by atoms with Gasteiger partial charge in [0.05, 0.1) is 12.2 Å². The highest BCUT2D eigenvalue weighted by Gasteiger charge is 2.83. The van der Waals surface area contributed by atoms with Gasteiger partial charge in [-0.3, -0.25) is 10.5 Å². The normalized spacial score (nSPS) is 44.4. The highest BCUT2D eigenvalue weighted by molar-refractivity contribution is 6.04. The van der Waals surface area contributed by atoms with Gasteiger partial charge in [0.1, 0.15) is 11.2 Å². The maximum atomic E-state index is 13.4. The molecule has 5 rings (SSSR count). The molecule has 206 valence electrons. The molecule has 8 nitrogen and oxygen atoms in total. The molecule has 8 atom stereocenters. The summed E-state index contributed by atoms with van der Waals surface area (Å²) in [6.07, 6.45) is 9.03. The molecule has 0 amide bonds. The number of rotatable bonds is 5. The number of ether oxygens (including phenoxy) is 1. The van der Waals surface area contributed by atoms with Crippen molar-refractivity contribution in [3.8, 4) is 0 Å². The molecule has 5 aliphatic rings. The summed E-state index contributed by atoms with van der Waals surface area (Å²) in [4.78, 5) is 26.4. The van der Waals surface area contributed by atoms with Crippen molar-refractivity contribution in [1.29, 1.82) is 0 Å². The first-order valence-corrected chi connectivity index (χ1v) is 13.9. The maximum Gasteiger partial charge on any atom is 0.354 e. The summed E-state index contributed by atoms with van der Waals surface area (Å²) >= 11 is 0. The molecule has 0 spiro atoms. The summed E-state index contributed by atoms with van der Waals surface area (Å²) in [6.45, 7) is 7.10. The molecule has 5 aliphatic carbocycles. The second-order valence-electron chi connectivity index (χ2n) is 13.4. The fraction of sp³-hybridized carbons (Fsp3) is 0.793. The van der Waals surface area contributed by atoms with Crippen molar-refractivity contribution < 1.29 is 34.8 Å². The predicted octanol–water partition coefficient (Wildman–Crippen LogP) is 2.13. The monoisotopic (exact) mass is 517 g/mol. The number of fused-ring (bicyclic) bond motifs is 5. The zero-order valence-electron chi connectivity index (χ0n) is 22.5. The van der Waals surface area contributed by atoms with Gasteiger partial charge in [-0.15, -0.1) is 0 Å². The second-order valence-corrected chi connectivity index (χ2v) is 13.4. The number of hydrogen-bond acceptors (Lipinski definition) is 8. The summed E-state index contributed by atoms with van der Waals surface area (Å²) in [6, 6.07) is 0. The lowest BCUT2D eigenvalue weighted by Crippen LogP contribution is -2.61. The van der Waals surface area contributed by atoms with E-state index in [4.69, 9.17) is 10.5 Å². The van der Waals surface area contributed by atoms with Crippen LogP contribution >= 0.6 is 0 Å². The molecule has 0 saturated heterocycles. The van der Waals surface area contributed by atoms with Crippen LogP contribution in [0.25, 0.3) is 0 Å². The number of hydrogen-bond donors (Lipinski definition) is 5. The predicted molar refractivity (Wildman–Crippen MR) is 136 cm³/mol. The van der Waals surface area contributed by atoms with E-state index in [1.165, 1.54) is 0 Å². The fourth-order valence-corrected chi connectivity index (χ4v) is 8.77. The van der Waals surface area contributed by atoms with Crippen LogP contribution in [-0.2, 0) is 14.3 Å². The van der Waals surface area contributed by atoms with Crippen molar-refractivity contribution in [2.75, 3.05) is 6.61 Å². The standard InChI is InChI=1S/C29H43NO7/c1-16-10-21-26(34,23(16)32)13-19(15-31)11-20-22-25(3,4)27(22,12-17(2)29(20,21)36)37-24(33)28(30,35)14-18-8-6-5-7-9-18/h10-11,17-18,20-22,31,34-36H,5-9,12-15,30H2,1-4H3/t17-,20+,21-,22-,26-,27+,28?,29-/m1/s1. The van der Waals surface area contributed by atoms with Gasteiger partial charge in [-0.1, -0.05) is 65.0 Å². The third-order valence-electron chi connectivity index (χ3n) is 10.8. The quantitative estimate of drug-likeness (QED) is 0.211. The molecule has 37 heavy (non-hydrogen) atoms. The van der Waals surface area contributed by atoms with Gasteiger partial charge in [0.2, 0.25) is 5.72 Å². The average Bonchev–Trinajstić information content (AvgIpc) is 3.23. The maximum absolute atomic E-state index is 13.4. The van der Waals surface area contributed by atoms with Gasteiger partial charge in [0, 0.05) is 36.0 Å². The Morgan fingerprint density at radius 1 is 1.19 bits per heavy atom. The van der Waals surface area contributed by atoms with Crippen LogP contribution < -0.4 is 5.73 Å². The molecule has 8 heteroatoms. The molecular formula is C29H43NO7. The summed E-state index contributed by atoms with van der Waals surface area (Å²) in [7, 11) is 0. The first kappa shape index (κ1) is 27.0. The third-order valence-corrected chi connectivity index (χ3v) is 10.8. The first-order chi connectivity index (χ1) is 17.1. The minimum absolute atomic E-state index is 0.0593. The molecule has 1 unspecified atom stereocenters. The second kappa shape index (κ2) is 8.46. The van der Waals surface area contributed by atoms with Crippen molar-refractivity contribution in [2.24, 2.45) is 40.7 Å². The summed E-state index contributed by atoms with van der Waals surface area (Å²) in [5.74, 6) is -3.33. The SMILES string of the molecule is CC1=C[C@H]2[C@@]3(O)[C@H](C)C[C@]4(OC(=O)C(N)(O)CC5CCCCC5)[C@H]([C@@H]3C=C(CO)C[C@]2(O)C1=O)C4(C)C. The van der Waals surface area contributed by atoms with Crippen LogP contribution in [0.3, 0.4) is 0 Å². The van der Waals surface area contributed by atoms with Gasteiger partial charge in [-0.2, -0.15) is 0 Å².